The second kappa shape index (κ2) is 6.04. The molecule has 0 aliphatic carbocycles. The third-order valence-corrected chi connectivity index (χ3v) is 3.04. The zero-order chi connectivity index (χ0) is 13.8. The van der Waals surface area contributed by atoms with E-state index in [9.17, 15) is 4.79 Å². The summed E-state index contributed by atoms with van der Waals surface area (Å²) in [4.78, 5) is 16.0. The van der Waals surface area contributed by atoms with E-state index in [1.54, 1.807) is 30.9 Å². The first kappa shape index (κ1) is 13.8. The molecule has 0 amide bonds. The number of rotatable bonds is 5. The van der Waals surface area contributed by atoms with Gasteiger partial charge in [-0.3, -0.25) is 0 Å². The second-order valence-electron chi connectivity index (χ2n) is 3.93. The molecule has 2 aromatic heterocycles. The van der Waals surface area contributed by atoms with E-state index in [0.29, 0.717) is 30.6 Å². The van der Waals surface area contributed by atoms with Gasteiger partial charge in [0.25, 0.3) is 0 Å². The van der Waals surface area contributed by atoms with Crippen molar-refractivity contribution in [1.82, 2.24) is 9.55 Å². The minimum atomic E-state index is -0.370. The van der Waals surface area contributed by atoms with Gasteiger partial charge in [-0.05, 0) is 19.1 Å². The molecule has 0 bridgehead atoms. The molecule has 0 aromatic carbocycles. The summed E-state index contributed by atoms with van der Waals surface area (Å²) in [6, 6.07) is 3.57. The van der Waals surface area contributed by atoms with Crippen molar-refractivity contribution in [1.29, 1.82) is 0 Å². The first-order valence-corrected chi connectivity index (χ1v) is 6.36. The van der Waals surface area contributed by atoms with Gasteiger partial charge in [-0.15, -0.1) is 0 Å². The van der Waals surface area contributed by atoms with Gasteiger partial charge in [-0.1, -0.05) is 11.6 Å². The van der Waals surface area contributed by atoms with Gasteiger partial charge in [0, 0.05) is 25.2 Å². The number of carbonyl (C=O) groups excluding carboxylic acids is 1. The average molecular weight is 283 g/mol. The Morgan fingerprint density at radius 3 is 3.00 bits per heavy atom. The van der Waals surface area contributed by atoms with E-state index in [0.717, 1.165) is 10.9 Å². The Bertz CT molecular complexity index is 595. The van der Waals surface area contributed by atoms with E-state index in [2.05, 4.69) is 4.98 Å². The predicted octanol–water partition coefficient (Wildman–Crippen LogP) is 2.51. The van der Waals surface area contributed by atoms with Gasteiger partial charge in [-0.2, -0.15) is 0 Å². The number of carbonyl (C=O) groups is 1. The fourth-order valence-corrected chi connectivity index (χ4v) is 2.23. The smallest absolute Gasteiger partial charge is 0.354 e. The van der Waals surface area contributed by atoms with Crippen LogP contribution in [0.5, 0.6) is 0 Å². The van der Waals surface area contributed by atoms with Crippen LogP contribution in [0.4, 0.5) is 0 Å². The number of nitrogens with zero attached hydrogens (tertiary/aromatic N) is 2. The predicted molar refractivity (Wildman–Crippen MR) is 72.6 cm³/mol. The molecule has 19 heavy (non-hydrogen) atoms. The molecule has 2 heterocycles. The third kappa shape index (κ3) is 2.72. The van der Waals surface area contributed by atoms with Crippen molar-refractivity contribution >= 4 is 28.5 Å². The van der Waals surface area contributed by atoms with Gasteiger partial charge >= 0.3 is 5.97 Å². The lowest BCUT2D eigenvalue weighted by Crippen LogP contribution is -2.14. The maximum atomic E-state index is 12.0. The van der Waals surface area contributed by atoms with Crippen LogP contribution >= 0.6 is 11.6 Å². The van der Waals surface area contributed by atoms with E-state index in [-0.39, 0.29) is 5.97 Å². The SMILES string of the molecule is CCOC(=O)c1cc2ccnc(Cl)c2n1CCOC. The molecular weight excluding hydrogens is 268 g/mol. The first-order valence-electron chi connectivity index (χ1n) is 5.98. The summed E-state index contributed by atoms with van der Waals surface area (Å²) in [5, 5.41) is 1.23. The molecule has 5 nitrogen and oxygen atoms in total. The van der Waals surface area contributed by atoms with Crippen LogP contribution in [0, 0.1) is 0 Å². The molecule has 0 fully saturated rings. The Labute approximate surface area is 116 Å². The molecule has 0 saturated carbocycles. The number of ether oxygens (including phenoxy) is 2. The Balaban J connectivity index is 2.55. The molecule has 6 heteroatoms. The minimum absolute atomic E-state index is 0.330. The van der Waals surface area contributed by atoms with Crippen LogP contribution in [0.25, 0.3) is 10.9 Å². The number of aromatic nitrogens is 2. The molecule has 0 atom stereocenters. The number of hydrogen-bond donors (Lipinski definition) is 0. The van der Waals surface area contributed by atoms with Crippen LogP contribution in [-0.4, -0.2) is 35.8 Å². The molecule has 0 aliphatic heterocycles. The molecule has 0 radical (unpaired) electrons. The van der Waals surface area contributed by atoms with Gasteiger partial charge in [0.05, 0.1) is 18.7 Å². The molecule has 0 aliphatic rings. The summed E-state index contributed by atoms with van der Waals surface area (Å²) in [5.41, 5.74) is 1.19. The Morgan fingerprint density at radius 1 is 1.53 bits per heavy atom. The van der Waals surface area contributed by atoms with E-state index >= 15 is 0 Å². The molecule has 0 N–H and O–H groups in total. The van der Waals surface area contributed by atoms with Crippen molar-refractivity contribution in [3.63, 3.8) is 0 Å². The summed E-state index contributed by atoms with van der Waals surface area (Å²) in [7, 11) is 1.61. The van der Waals surface area contributed by atoms with Crippen LogP contribution in [0.2, 0.25) is 5.15 Å². The fourth-order valence-electron chi connectivity index (χ4n) is 1.96. The lowest BCUT2D eigenvalue weighted by Gasteiger charge is -2.09. The Kier molecular flexibility index (Phi) is 4.39. The summed E-state index contributed by atoms with van der Waals surface area (Å²) in [6.45, 7) is 3.09. The van der Waals surface area contributed by atoms with Crippen molar-refractivity contribution in [2.45, 2.75) is 13.5 Å². The lowest BCUT2D eigenvalue weighted by atomic mass is 10.3. The van der Waals surface area contributed by atoms with Gasteiger partial charge in [0.1, 0.15) is 5.69 Å². The lowest BCUT2D eigenvalue weighted by molar-refractivity contribution is 0.0512. The zero-order valence-electron chi connectivity index (χ0n) is 10.9. The average Bonchev–Trinajstić information content (AvgIpc) is 2.77. The van der Waals surface area contributed by atoms with E-state index in [4.69, 9.17) is 21.1 Å². The van der Waals surface area contributed by atoms with Gasteiger partial charge in [0.2, 0.25) is 0 Å². The number of fused-ring (bicyclic) bond motifs is 1. The van der Waals surface area contributed by atoms with Gasteiger partial charge < -0.3 is 14.0 Å². The van der Waals surface area contributed by atoms with Gasteiger partial charge in [-0.25, -0.2) is 9.78 Å². The highest BCUT2D eigenvalue weighted by Gasteiger charge is 2.18. The fraction of sp³-hybridized carbons (Fsp3) is 0.385. The minimum Gasteiger partial charge on any atom is -0.461 e. The Morgan fingerprint density at radius 2 is 2.32 bits per heavy atom. The molecular formula is C13H15ClN2O3. The standard InChI is InChI=1S/C13H15ClN2O3/c1-3-19-13(17)10-8-9-4-5-15-12(14)11(9)16(10)6-7-18-2/h4-5,8H,3,6-7H2,1-2H3. The quantitative estimate of drug-likeness (QED) is 0.625. The molecule has 0 unspecified atom stereocenters. The second-order valence-corrected chi connectivity index (χ2v) is 4.29. The van der Waals surface area contributed by atoms with E-state index in [1.807, 2.05) is 6.07 Å². The molecule has 0 saturated heterocycles. The summed E-state index contributed by atoms with van der Waals surface area (Å²) in [6.07, 6.45) is 1.61. The largest absolute Gasteiger partial charge is 0.461 e. The van der Waals surface area contributed by atoms with Crippen molar-refractivity contribution in [3.05, 3.63) is 29.2 Å². The normalized spacial score (nSPS) is 10.9. The molecule has 2 rings (SSSR count). The van der Waals surface area contributed by atoms with Crippen LogP contribution < -0.4 is 0 Å². The number of esters is 1. The van der Waals surface area contributed by atoms with E-state index in [1.165, 1.54) is 0 Å². The number of methoxy groups -OCH3 is 1. The maximum absolute atomic E-state index is 12.0. The Hall–Kier alpha value is -1.59. The number of halogens is 1. The van der Waals surface area contributed by atoms with Crippen LogP contribution in [0.15, 0.2) is 18.3 Å². The summed E-state index contributed by atoms with van der Waals surface area (Å²) in [5.74, 6) is -0.370. The van der Waals surface area contributed by atoms with Crippen LogP contribution in [0.3, 0.4) is 0 Å². The van der Waals surface area contributed by atoms with Gasteiger partial charge in [0.15, 0.2) is 5.15 Å². The number of pyridine rings is 1. The maximum Gasteiger partial charge on any atom is 0.354 e. The highest BCUT2D eigenvalue weighted by molar-refractivity contribution is 6.34. The molecule has 102 valence electrons. The van der Waals surface area contributed by atoms with E-state index < -0.39 is 0 Å². The van der Waals surface area contributed by atoms with Crippen molar-refractivity contribution < 1.29 is 14.3 Å². The molecule has 0 spiro atoms. The monoisotopic (exact) mass is 282 g/mol. The van der Waals surface area contributed by atoms with Crippen molar-refractivity contribution in [3.8, 4) is 0 Å². The van der Waals surface area contributed by atoms with Crippen LogP contribution in [0.1, 0.15) is 17.4 Å². The zero-order valence-corrected chi connectivity index (χ0v) is 11.6. The number of hydrogen-bond acceptors (Lipinski definition) is 4. The van der Waals surface area contributed by atoms with Crippen molar-refractivity contribution in [2.75, 3.05) is 20.3 Å². The third-order valence-electron chi connectivity index (χ3n) is 2.77. The van der Waals surface area contributed by atoms with Crippen LogP contribution in [-0.2, 0) is 16.0 Å². The van der Waals surface area contributed by atoms with Crippen molar-refractivity contribution in [2.24, 2.45) is 0 Å². The topological polar surface area (TPSA) is 53.3 Å². The summed E-state index contributed by atoms with van der Waals surface area (Å²) >= 11 is 6.11. The first-order chi connectivity index (χ1) is 9.19. The highest BCUT2D eigenvalue weighted by atomic mass is 35.5. The molecule has 2 aromatic rings. The highest BCUT2D eigenvalue weighted by Crippen LogP contribution is 2.25. The summed E-state index contributed by atoms with van der Waals surface area (Å²) < 4.78 is 11.9.